The molecule has 0 spiro atoms. The minimum absolute atomic E-state index is 0.422. The van der Waals surface area contributed by atoms with Crippen molar-refractivity contribution in [3.05, 3.63) is 22.3 Å². The molecule has 0 N–H and O–H groups in total. The monoisotopic (exact) mass is 202 g/mol. The second-order valence-corrected chi connectivity index (χ2v) is 5.18. The number of allylic oxidation sites excluding steroid dienone is 4. The van der Waals surface area contributed by atoms with E-state index in [-0.39, 0.29) is 0 Å². The Hall–Kier alpha value is -0.850. The predicted molar refractivity (Wildman–Crippen MR) is 60.5 cm³/mol. The largest absolute Gasteiger partial charge is 0.289 e. The summed E-state index contributed by atoms with van der Waals surface area (Å²) in [7, 11) is 0. The molecule has 0 aromatic carbocycles. The zero-order chi connectivity index (χ0) is 10.4. The van der Waals surface area contributed by atoms with Gasteiger partial charge in [-0.25, -0.2) is 0 Å². The van der Waals surface area contributed by atoms with Crippen molar-refractivity contribution in [2.24, 2.45) is 5.92 Å². The van der Waals surface area contributed by atoms with Gasteiger partial charge in [-0.2, -0.15) is 0 Å². The van der Waals surface area contributed by atoms with Crippen molar-refractivity contribution in [3.8, 4) is 0 Å². The first-order valence-corrected chi connectivity index (χ1v) is 6.29. The lowest BCUT2D eigenvalue weighted by atomic mass is 9.81. The average Bonchev–Trinajstić information content (AvgIpc) is 2.55. The third-order valence-electron chi connectivity index (χ3n) is 4.22. The Labute approximate surface area is 91.2 Å². The van der Waals surface area contributed by atoms with Gasteiger partial charge >= 0.3 is 0 Å². The molecule has 1 nitrogen and oxygen atoms in total. The van der Waals surface area contributed by atoms with E-state index in [1.54, 1.807) is 0 Å². The van der Waals surface area contributed by atoms with Gasteiger partial charge in [0.25, 0.3) is 0 Å². The molecule has 0 heterocycles. The van der Waals surface area contributed by atoms with E-state index >= 15 is 0 Å². The van der Waals surface area contributed by atoms with Crippen molar-refractivity contribution in [2.45, 2.75) is 51.9 Å². The van der Waals surface area contributed by atoms with Gasteiger partial charge in [0.05, 0.1) is 0 Å². The third kappa shape index (κ3) is 1.25. The molecule has 0 aromatic heterocycles. The smallest absolute Gasteiger partial charge is 0.185 e. The van der Waals surface area contributed by atoms with E-state index in [0.29, 0.717) is 11.7 Å². The Kier molecular flexibility index (Phi) is 2.08. The average molecular weight is 202 g/mol. The van der Waals surface area contributed by atoms with Crippen LogP contribution in [0.4, 0.5) is 0 Å². The van der Waals surface area contributed by atoms with E-state index in [9.17, 15) is 4.79 Å². The lowest BCUT2D eigenvalue weighted by molar-refractivity contribution is -0.112. The molecular formula is C14H18O. The Morgan fingerprint density at radius 3 is 2.40 bits per heavy atom. The fraction of sp³-hybridized carbons (Fsp3) is 0.643. The van der Waals surface area contributed by atoms with Crippen LogP contribution in [0, 0.1) is 5.92 Å². The number of fused-ring (bicyclic) bond motifs is 1. The summed E-state index contributed by atoms with van der Waals surface area (Å²) in [6, 6.07) is 0. The van der Waals surface area contributed by atoms with Crippen LogP contribution in [0.5, 0.6) is 0 Å². The standard InChI is InChI=1S/C14H18O/c1-9-5-4-8-12-13(9)10-6-2-3-7-11(10)14(12)15/h9H,2-8H2,1H3. The Morgan fingerprint density at radius 2 is 1.60 bits per heavy atom. The Balaban J connectivity index is 2.09. The van der Waals surface area contributed by atoms with Gasteiger partial charge in [0, 0.05) is 11.1 Å². The third-order valence-corrected chi connectivity index (χ3v) is 4.22. The van der Waals surface area contributed by atoms with E-state index in [4.69, 9.17) is 0 Å². The summed E-state index contributed by atoms with van der Waals surface area (Å²) in [5, 5.41) is 0. The van der Waals surface area contributed by atoms with E-state index in [2.05, 4.69) is 6.92 Å². The van der Waals surface area contributed by atoms with Crippen molar-refractivity contribution < 1.29 is 4.79 Å². The number of hydrogen-bond acceptors (Lipinski definition) is 1. The first kappa shape index (κ1) is 9.38. The number of Topliss-reactive ketones (excluding diaryl/α,β-unsaturated/α-hetero) is 1. The molecule has 0 bridgehead atoms. The van der Waals surface area contributed by atoms with Gasteiger partial charge in [0.2, 0.25) is 0 Å². The maximum atomic E-state index is 12.2. The quantitative estimate of drug-likeness (QED) is 0.587. The molecule has 1 atom stereocenters. The highest BCUT2D eigenvalue weighted by Gasteiger charge is 2.36. The number of rotatable bonds is 0. The summed E-state index contributed by atoms with van der Waals surface area (Å²) in [5.74, 6) is 1.06. The summed E-state index contributed by atoms with van der Waals surface area (Å²) >= 11 is 0. The molecule has 3 rings (SSSR count). The van der Waals surface area contributed by atoms with Crippen LogP contribution in [0.3, 0.4) is 0 Å². The van der Waals surface area contributed by atoms with Gasteiger partial charge in [-0.1, -0.05) is 6.92 Å². The van der Waals surface area contributed by atoms with Crippen LogP contribution >= 0.6 is 0 Å². The van der Waals surface area contributed by atoms with Gasteiger partial charge in [-0.3, -0.25) is 4.79 Å². The summed E-state index contributed by atoms with van der Waals surface area (Å²) in [5.41, 5.74) is 5.33. The molecule has 1 unspecified atom stereocenters. The van der Waals surface area contributed by atoms with E-state index in [1.165, 1.54) is 54.4 Å². The highest BCUT2D eigenvalue weighted by Crippen LogP contribution is 2.46. The summed E-state index contributed by atoms with van der Waals surface area (Å²) in [6.07, 6.45) is 8.27. The normalized spacial score (nSPS) is 30.7. The zero-order valence-electron chi connectivity index (χ0n) is 9.44. The van der Waals surface area contributed by atoms with Crippen molar-refractivity contribution in [3.63, 3.8) is 0 Å². The molecule has 15 heavy (non-hydrogen) atoms. The molecule has 0 aliphatic heterocycles. The first-order chi connectivity index (χ1) is 7.29. The van der Waals surface area contributed by atoms with Crippen molar-refractivity contribution in [1.82, 2.24) is 0 Å². The van der Waals surface area contributed by atoms with Crippen molar-refractivity contribution in [1.29, 1.82) is 0 Å². The summed E-state index contributed by atoms with van der Waals surface area (Å²) in [6.45, 7) is 2.30. The molecule has 3 aliphatic carbocycles. The van der Waals surface area contributed by atoms with E-state index in [0.717, 1.165) is 12.8 Å². The predicted octanol–water partition coefficient (Wildman–Crippen LogP) is 3.56. The van der Waals surface area contributed by atoms with Crippen LogP contribution in [0.15, 0.2) is 22.3 Å². The minimum Gasteiger partial charge on any atom is -0.289 e. The Bertz CT molecular complexity index is 384. The first-order valence-electron chi connectivity index (χ1n) is 6.29. The Morgan fingerprint density at radius 1 is 0.933 bits per heavy atom. The van der Waals surface area contributed by atoms with Gasteiger partial charge in [-0.15, -0.1) is 0 Å². The fourth-order valence-electron chi connectivity index (χ4n) is 3.51. The van der Waals surface area contributed by atoms with E-state index < -0.39 is 0 Å². The van der Waals surface area contributed by atoms with Gasteiger partial charge in [0.1, 0.15) is 0 Å². The molecule has 0 saturated heterocycles. The van der Waals surface area contributed by atoms with Crippen LogP contribution in [-0.4, -0.2) is 5.78 Å². The lowest BCUT2D eigenvalue weighted by Crippen LogP contribution is -2.10. The van der Waals surface area contributed by atoms with Gasteiger partial charge in [0.15, 0.2) is 5.78 Å². The zero-order valence-corrected chi connectivity index (χ0v) is 9.44. The second-order valence-electron chi connectivity index (χ2n) is 5.18. The molecule has 0 aromatic rings. The van der Waals surface area contributed by atoms with Crippen molar-refractivity contribution in [2.75, 3.05) is 0 Å². The molecule has 0 fully saturated rings. The number of ketones is 1. The molecule has 80 valence electrons. The van der Waals surface area contributed by atoms with E-state index in [1.807, 2.05) is 0 Å². The number of carbonyl (C=O) groups excluding carboxylic acids is 1. The van der Waals surface area contributed by atoms with Crippen LogP contribution in [-0.2, 0) is 4.79 Å². The van der Waals surface area contributed by atoms with Crippen LogP contribution in [0.2, 0.25) is 0 Å². The molecule has 1 heteroatoms. The highest BCUT2D eigenvalue weighted by atomic mass is 16.1. The molecule has 3 aliphatic rings. The summed E-state index contributed by atoms with van der Waals surface area (Å²) < 4.78 is 0. The topological polar surface area (TPSA) is 17.1 Å². The molecule has 0 amide bonds. The second kappa shape index (κ2) is 3.33. The SMILES string of the molecule is CC1CCCC2=C1C1=C(CCCC1)C2=O. The lowest BCUT2D eigenvalue weighted by Gasteiger charge is -2.23. The van der Waals surface area contributed by atoms with Gasteiger partial charge < -0.3 is 0 Å². The van der Waals surface area contributed by atoms with Gasteiger partial charge in [-0.05, 0) is 62.0 Å². The molecule has 0 radical (unpaired) electrons. The number of carbonyl (C=O) groups is 1. The van der Waals surface area contributed by atoms with Crippen molar-refractivity contribution >= 4 is 5.78 Å². The van der Waals surface area contributed by atoms with Crippen LogP contribution < -0.4 is 0 Å². The van der Waals surface area contributed by atoms with Crippen LogP contribution in [0.1, 0.15) is 51.9 Å². The maximum Gasteiger partial charge on any atom is 0.185 e. The molecule has 0 saturated carbocycles. The highest BCUT2D eigenvalue weighted by molar-refractivity contribution is 6.13. The van der Waals surface area contributed by atoms with Crippen LogP contribution in [0.25, 0.3) is 0 Å². The molecular weight excluding hydrogens is 184 g/mol. The fourth-order valence-corrected chi connectivity index (χ4v) is 3.51. The summed E-state index contributed by atoms with van der Waals surface area (Å²) in [4.78, 5) is 12.2. The number of hydrogen-bond donors (Lipinski definition) is 0. The maximum absolute atomic E-state index is 12.2. The minimum atomic E-state index is 0.422.